The minimum absolute atomic E-state index is 0.118. The first kappa shape index (κ1) is 21.5. The molecule has 1 aliphatic heterocycles. The molecule has 5 rings (SSSR count). The third-order valence-electron chi connectivity index (χ3n) is 5.81. The molecule has 1 aromatic heterocycles. The Morgan fingerprint density at radius 2 is 1.59 bits per heavy atom. The zero-order chi connectivity index (χ0) is 23.5. The van der Waals surface area contributed by atoms with Gasteiger partial charge in [-0.05, 0) is 36.4 Å². The molecule has 2 heterocycles. The second kappa shape index (κ2) is 9.27. The number of fused-ring (bicyclic) bond motifs is 1. The summed E-state index contributed by atoms with van der Waals surface area (Å²) in [6.07, 6.45) is 3.69. The van der Waals surface area contributed by atoms with Crippen LogP contribution in [-0.2, 0) is 16.1 Å². The predicted octanol–water partition coefficient (Wildman–Crippen LogP) is 4.82. The average molecular weight is 452 g/mol. The van der Waals surface area contributed by atoms with E-state index in [1.54, 1.807) is 18.2 Å². The van der Waals surface area contributed by atoms with E-state index in [0.717, 1.165) is 28.8 Å². The molecule has 3 aromatic carbocycles. The lowest BCUT2D eigenvalue weighted by atomic mass is 10.1. The summed E-state index contributed by atoms with van der Waals surface area (Å²) in [5, 5.41) is 2.28. The quantitative estimate of drug-likeness (QED) is 0.324. The van der Waals surface area contributed by atoms with E-state index < -0.39 is 5.91 Å². The van der Waals surface area contributed by atoms with Crippen LogP contribution in [0.15, 0.2) is 96.7 Å². The Balaban J connectivity index is 1.40. The second-order valence-corrected chi connectivity index (χ2v) is 8.46. The van der Waals surface area contributed by atoms with E-state index in [0.29, 0.717) is 12.3 Å². The van der Waals surface area contributed by atoms with Crippen LogP contribution in [0.4, 0.5) is 5.69 Å². The maximum absolute atomic E-state index is 13.0. The number of amides is 2. The number of benzene rings is 3. The van der Waals surface area contributed by atoms with Crippen molar-refractivity contribution in [1.29, 1.82) is 0 Å². The van der Waals surface area contributed by atoms with E-state index in [1.165, 1.54) is 5.01 Å². The highest BCUT2D eigenvalue weighted by molar-refractivity contribution is 6.32. The van der Waals surface area contributed by atoms with Crippen LogP contribution in [0.25, 0.3) is 17.0 Å². The number of nitrogens with zero attached hydrogens (tertiary/aromatic N) is 2. The topological polar surface area (TPSA) is 63.6 Å². The molecule has 4 aromatic rings. The molecule has 170 valence electrons. The number of nitrogens with one attached hydrogen (secondary N) is 1. The fourth-order valence-electron chi connectivity index (χ4n) is 4.16. The summed E-state index contributed by atoms with van der Waals surface area (Å²) in [4.78, 5) is 25.7. The monoisotopic (exact) mass is 451 g/mol. The van der Waals surface area contributed by atoms with Crippen LogP contribution in [-0.4, -0.2) is 23.0 Å². The number of carbonyl (C=O) groups excluding carboxylic acids is 2. The zero-order valence-electron chi connectivity index (χ0n) is 18.8. The van der Waals surface area contributed by atoms with E-state index in [-0.39, 0.29) is 17.4 Å². The van der Waals surface area contributed by atoms with Gasteiger partial charge in [-0.3, -0.25) is 15.0 Å². The van der Waals surface area contributed by atoms with Crippen molar-refractivity contribution in [2.45, 2.75) is 13.5 Å². The summed E-state index contributed by atoms with van der Waals surface area (Å²) >= 11 is 0. The molecule has 34 heavy (non-hydrogen) atoms. The molecule has 1 fully saturated rings. The molecule has 1 saturated heterocycles. The largest absolute Gasteiger partial charge is 0.493 e. The SMILES string of the molecule is CC(COc1ccccc1)Cn1cc(C=C2C(=O)NN(c3ccccc3)C2=O)c2ccccc21. The van der Waals surface area contributed by atoms with Crippen LogP contribution in [0, 0.1) is 5.92 Å². The smallest absolute Gasteiger partial charge is 0.282 e. The highest BCUT2D eigenvalue weighted by Crippen LogP contribution is 2.27. The van der Waals surface area contributed by atoms with Gasteiger partial charge in [-0.1, -0.05) is 61.5 Å². The van der Waals surface area contributed by atoms with Crippen molar-refractivity contribution in [2.24, 2.45) is 5.92 Å². The average Bonchev–Trinajstić information content (AvgIpc) is 3.36. The van der Waals surface area contributed by atoms with Gasteiger partial charge in [-0.2, -0.15) is 0 Å². The number of hydrazine groups is 1. The molecular formula is C28H25N3O3. The Bertz CT molecular complexity index is 1360. The Morgan fingerprint density at radius 3 is 2.35 bits per heavy atom. The van der Waals surface area contributed by atoms with Crippen molar-refractivity contribution < 1.29 is 14.3 Å². The van der Waals surface area contributed by atoms with Crippen LogP contribution in [0.2, 0.25) is 0 Å². The summed E-state index contributed by atoms with van der Waals surface area (Å²) in [5.41, 5.74) is 5.29. The van der Waals surface area contributed by atoms with E-state index in [9.17, 15) is 9.59 Å². The van der Waals surface area contributed by atoms with Gasteiger partial charge in [0, 0.05) is 35.1 Å². The van der Waals surface area contributed by atoms with E-state index in [1.807, 2.05) is 72.9 Å². The molecule has 0 radical (unpaired) electrons. The number of ether oxygens (including phenoxy) is 1. The van der Waals surface area contributed by atoms with E-state index in [2.05, 4.69) is 23.0 Å². The fourth-order valence-corrected chi connectivity index (χ4v) is 4.16. The maximum Gasteiger partial charge on any atom is 0.282 e. The third-order valence-corrected chi connectivity index (χ3v) is 5.81. The van der Waals surface area contributed by atoms with Gasteiger partial charge in [-0.15, -0.1) is 0 Å². The lowest BCUT2D eigenvalue weighted by Crippen LogP contribution is -2.35. The maximum atomic E-state index is 13.0. The first-order chi connectivity index (χ1) is 16.6. The molecule has 1 N–H and O–H groups in total. The number of hydrogen-bond donors (Lipinski definition) is 1. The van der Waals surface area contributed by atoms with Crippen molar-refractivity contribution in [3.05, 3.63) is 102 Å². The second-order valence-electron chi connectivity index (χ2n) is 8.46. The van der Waals surface area contributed by atoms with Gasteiger partial charge in [0.1, 0.15) is 11.3 Å². The van der Waals surface area contributed by atoms with Crippen LogP contribution in [0.5, 0.6) is 5.75 Å². The minimum Gasteiger partial charge on any atom is -0.493 e. The molecule has 6 nitrogen and oxygen atoms in total. The van der Waals surface area contributed by atoms with Gasteiger partial charge in [-0.25, -0.2) is 5.01 Å². The number of carbonyl (C=O) groups is 2. The zero-order valence-corrected chi connectivity index (χ0v) is 18.8. The van der Waals surface area contributed by atoms with Crippen molar-refractivity contribution in [3.8, 4) is 5.75 Å². The lowest BCUT2D eigenvalue weighted by molar-refractivity contribution is -0.117. The Hall–Kier alpha value is -4.32. The Labute approximate surface area is 198 Å². The molecule has 0 spiro atoms. The van der Waals surface area contributed by atoms with E-state index in [4.69, 9.17) is 4.74 Å². The summed E-state index contributed by atoms with van der Waals surface area (Å²) in [5.74, 6) is 0.334. The first-order valence-electron chi connectivity index (χ1n) is 11.3. The summed E-state index contributed by atoms with van der Waals surface area (Å²) in [7, 11) is 0. The van der Waals surface area contributed by atoms with Gasteiger partial charge in [0.15, 0.2) is 0 Å². The summed E-state index contributed by atoms with van der Waals surface area (Å²) in [6, 6.07) is 26.9. The van der Waals surface area contributed by atoms with Crippen molar-refractivity contribution in [3.63, 3.8) is 0 Å². The highest BCUT2D eigenvalue weighted by atomic mass is 16.5. The van der Waals surface area contributed by atoms with Gasteiger partial charge in [0.05, 0.1) is 12.3 Å². The molecule has 1 atom stereocenters. The number of rotatable bonds is 7. The van der Waals surface area contributed by atoms with Gasteiger partial charge >= 0.3 is 0 Å². The number of anilines is 1. The molecular weight excluding hydrogens is 426 g/mol. The van der Waals surface area contributed by atoms with Crippen LogP contribution in [0.1, 0.15) is 12.5 Å². The normalized spacial score (nSPS) is 15.7. The molecule has 0 bridgehead atoms. The van der Waals surface area contributed by atoms with Gasteiger partial charge in [0.25, 0.3) is 11.8 Å². The summed E-state index contributed by atoms with van der Waals surface area (Å²) < 4.78 is 8.08. The molecule has 6 heteroatoms. The molecule has 1 aliphatic rings. The minimum atomic E-state index is -0.407. The number of para-hydroxylation sites is 3. The molecule has 2 amide bonds. The van der Waals surface area contributed by atoms with Crippen molar-refractivity contribution >= 4 is 34.5 Å². The van der Waals surface area contributed by atoms with Crippen LogP contribution < -0.4 is 15.2 Å². The van der Waals surface area contributed by atoms with Gasteiger partial charge < -0.3 is 9.30 Å². The standard InChI is InChI=1S/C28H25N3O3/c1-20(19-34-23-12-6-3-7-13-23)17-30-18-21(24-14-8-9-15-26(24)30)16-25-27(32)29-31(28(25)33)22-10-4-2-5-11-22/h2-16,18,20H,17,19H2,1H3,(H,29,32). The molecule has 1 unspecified atom stereocenters. The molecule has 0 aliphatic carbocycles. The van der Waals surface area contributed by atoms with Crippen molar-refractivity contribution in [1.82, 2.24) is 9.99 Å². The van der Waals surface area contributed by atoms with E-state index >= 15 is 0 Å². The first-order valence-corrected chi connectivity index (χ1v) is 11.3. The highest BCUT2D eigenvalue weighted by Gasteiger charge is 2.34. The third kappa shape index (κ3) is 4.30. The predicted molar refractivity (Wildman–Crippen MR) is 133 cm³/mol. The Morgan fingerprint density at radius 1 is 0.912 bits per heavy atom. The number of aromatic nitrogens is 1. The van der Waals surface area contributed by atoms with Crippen molar-refractivity contribution in [2.75, 3.05) is 11.6 Å². The Kier molecular flexibility index (Phi) is 5.87. The van der Waals surface area contributed by atoms with Gasteiger partial charge in [0.2, 0.25) is 0 Å². The van der Waals surface area contributed by atoms with Crippen LogP contribution in [0.3, 0.4) is 0 Å². The molecule has 0 saturated carbocycles. The fraction of sp³-hybridized carbons (Fsp3) is 0.143. The lowest BCUT2D eigenvalue weighted by Gasteiger charge is -2.15. The number of hydrogen-bond acceptors (Lipinski definition) is 3. The van der Waals surface area contributed by atoms with Crippen LogP contribution >= 0.6 is 0 Å². The summed E-state index contributed by atoms with van der Waals surface area (Å²) in [6.45, 7) is 3.47.